The van der Waals surface area contributed by atoms with Crippen molar-refractivity contribution in [2.75, 3.05) is 14.7 Å². The third kappa shape index (κ3) is 9.79. The van der Waals surface area contributed by atoms with Gasteiger partial charge in [0.05, 0.1) is 63.4 Å². The Hall–Kier alpha value is -13.4. The lowest BCUT2D eigenvalue weighted by Gasteiger charge is -2.45. The summed E-state index contributed by atoms with van der Waals surface area (Å²) in [5, 5.41) is -0.800. The van der Waals surface area contributed by atoms with Crippen molar-refractivity contribution in [3.05, 3.63) is 388 Å². The third-order valence-corrected chi connectivity index (χ3v) is 19.3. The predicted molar refractivity (Wildman–Crippen MR) is 431 cm³/mol. The maximum atomic E-state index is 10.1. The Labute approximate surface area is 629 Å². The minimum Gasteiger partial charge on any atom is -0.311 e. The molecule has 2 aromatic heterocycles. The minimum atomic E-state index is -0.998. The van der Waals surface area contributed by atoms with Crippen molar-refractivity contribution in [1.29, 1.82) is 0 Å². The fraction of sp³-hybridized carbons (Fsp3) is 0. The molecule has 5 nitrogen and oxygen atoms in total. The van der Waals surface area contributed by atoms with E-state index < -0.39 is 164 Å². The van der Waals surface area contributed by atoms with E-state index in [1.165, 1.54) is 38.3 Å². The number of hydrogen-bond acceptors (Lipinski definition) is 3. The Morgan fingerprint density at radius 3 is 1.05 bits per heavy atom. The van der Waals surface area contributed by atoms with E-state index in [-0.39, 0.29) is 83.2 Å². The largest absolute Gasteiger partial charge is 0.311 e. The molecule has 4 heterocycles. The molecule has 0 radical (unpaired) electrons. The highest BCUT2D eigenvalue weighted by Gasteiger charge is 2.45. The average Bonchev–Trinajstić information content (AvgIpc) is 1.70. The highest BCUT2D eigenvalue weighted by molar-refractivity contribution is 7.00. The van der Waals surface area contributed by atoms with Crippen LogP contribution < -0.4 is 31.1 Å². The first-order valence-corrected chi connectivity index (χ1v) is 33.0. The third-order valence-electron chi connectivity index (χ3n) is 19.3. The molecule has 0 atom stereocenters. The quantitative estimate of drug-likeness (QED) is 0.114. The Morgan fingerprint density at radius 2 is 0.608 bits per heavy atom. The molecule has 6 heteroatoms. The molecule has 0 bridgehead atoms. The van der Waals surface area contributed by atoms with Crippen LogP contribution >= 0.6 is 0 Å². The molecule has 0 spiro atoms. The number of anilines is 9. The van der Waals surface area contributed by atoms with Gasteiger partial charge in [-0.25, -0.2) is 0 Å². The lowest BCUT2D eigenvalue weighted by atomic mass is 9.33. The van der Waals surface area contributed by atoms with E-state index in [0.717, 1.165) is 33.4 Å². The van der Waals surface area contributed by atoms with Crippen LogP contribution in [0, 0.1) is 0 Å². The summed E-state index contributed by atoms with van der Waals surface area (Å²) in [6.45, 7) is -0.998. The smallest absolute Gasteiger partial charge is 0.252 e. The summed E-state index contributed by atoms with van der Waals surface area (Å²) < 4.78 is 246. The summed E-state index contributed by atoms with van der Waals surface area (Å²) in [4.78, 5) is 5.45. The molecule has 0 amide bonds. The summed E-state index contributed by atoms with van der Waals surface area (Å²) in [5.74, 6) is 0. The molecule has 16 aromatic carbocycles. The summed E-state index contributed by atoms with van der Waals surface area (Å²) >= 11 is 0. The van der Waals surface area contributed by atoms with Crippen molar-refractivity contribution in [3.8, 4) is 67.0 Å². The van der Waals surface area contributed by atoms with Crippen LogP contribution in [0.4, 0.5) is 51.2 Å². The van der Waals surface area contributed by atoms with Gasteiger partial charge in [-0.1, -0.05) is 260 Å². The Bertz CT molecular complexity index is 7580. The van der Waals surface area contributed by atoms with E-state index in [1.807, 2.05) is 174 Å². The molecule has 2 aliphatic heterocycles. The van der Waals surface area contributed by atoms with Crippen LogP contribution in [0.3, 0.4) is 0 Å². The van der Waals surface area contributed by atoms with Crippen molar-refractivity contribution in [3.63, 3.8) is 0 Å². The highest BCUT2D eigenvalue weighted by Crippen LogP contribution is 2.51. The van der Waals surface area contributed by atoms with Gasteiger partial charge < -0.3 is 23.8 Å². The normalized spacial score (nSPS) is 15.8. The first kappa shape index (κ1) is 38.1. The average molecular weight is 1320 g/mol. The maximum absolute atomic E-state index is 10.1. The Balaban J connectivity index is 0.959. The Kier molecular flexibility index (Phi) is 9.05. The summed E-state index contributed by atoms with van der Waals surface area (Å²) in [7, 11) is 0. The van der Waals surface area contributed by atoms with Gasteiger partial charge in [0.2, 0.25) is 0 Å². The van der Waals surface area contributed by atoms with Gasteiger partial charge in [-0.05, 0) is 199 Å². The van der Waals surface area contributed by atoms with Crippen LogP contribution in [0.5, 0.6) is 0 Å². The topological polar surface area (TPSA) is 19.6 Å². The van der Waals surface area contributed by atoms with Crippen LogP contribution in [-0.4, -0.2) is 15.8 Å². The summed E-state index contributed by atoms with van der Waals surface area (Å²) in [6.07, 6.45) is 0. The van der Waals surface area contributed by atoms with Crippen LogP contribution in [-0.2, 0) is 0 Å². The number of hydrogen-bond donors (Lipinski definition) is 0. The first-order chi connectivity index (χ1) is 61.4. The van der Waals surface area contributed by atoms with Gasteiger partial charge in [0.25, 0.3) is 6.71 Å². The van der Waals surface area contributed by atoms with Gasteiger partial charge in [-0.3, -0.25) is 0 Å². The minimum absolute atomic E-state index is 0.0765. The molecular formula is C96H64BN5. The van der Waals surface area contributed by atoms with Gasteiger partial charge >= 0.3 is 0 Å². The monoisotopic (exact) mass is 1320 g/mol. The van der Waals surface area contributed by atoms with Crippen LogP contribution in [0.25, 0.3) is 111 Å². The molecule has 0 aliphatic carbocycles. The molecule has 20 rings (SSSR count). The number of nitrogens with zero attached hydrogens (tertiary/aromatic N) is 5. The highest BCUT2D eigenvalue weighted by atomic mass is 15.2. The zero-order valence-electron chi connectivity index (χ0n) is 79.8. The lowest BCUT2D eigenvalue weighted by Crippen LogP contribution is -2.61. The van der Waals surface area contributed by atoms with Crippen molar-refractivity contribution in [2.24, 2.45) is 0 Å². The van der Waals surface area contributed by atoms with Gasteiger partial charge in [0.1, 0.15) is 0 Å². The molecule has 2 aliphatic rings. The Morgan fingerprint density at radius 1 is 0.235 bits per heavy atom. The summed E-state index contributed by atoms with van der Waals surface area (Å²) in [6, 6.07) is 54.8. The van der Waals surface area contributed by atoms with Gasteiger partial charge in [0, 0.05) is 78.4 Å². The maximum Gasteiger partial charge on any atom is 0.252 e. The van der Waals surface area contributed by atoms with Gasteiger partial charge in [0.15, 0.2) is 0 Å². The van der Waals surface area contributed by atoms with E-state index in [0.29, 0.717) is 61.6 Å². The number of para-hydroxylation sites is 5. The molecule has 0 fully saturated rings. The fourth-order valence-electron chi connectivity index (χ4n) is 14.9. The van der Waals surface area contributed by atoms with E-state index >= 15 is 0 Å². The number of benzene rings is 16. The number of rotatable bonds is 12. The summed E-state index contributed by atoms with van der Waals surface area (Å²) in [5.41, 5.74) is 9.37. The van der Waals surface area contributed by atoms with Crippen LogP contribution in [0.15, 0.2) is 388 Å². The SMILES string of the molecule is [2H]c1c([2H])c([2H])c(-c2ccc3c(c2)N(c2cc(-c4ccccc4)cc(-c4ccccc4)c2)c2cc(-n4c5c([2H])c([2H])c([2H])c([2H])c5c5c([2H])c([2H])c([2H])c([2H])c54)cc4c2B3c2ccc(N(c3ccc(-n5c6c([2H])c([2H])c([2H])c([2H])c6c6c([2H])c([2H])c([2H])c([2H])c65)cc3)c3c([2H])c([2H])c([2H])c([2H])c3[2H])cc2N4c2cc(-c3ccccc3)cc(-c3ccccc3)c2)c([2H])c1[2H]. The van der Waals surface area contributed by atoms with Crippen LogP contribution in [0.2, 0.25) is 0 Å². The predicted octanol–water partition coefficient (Wildman–Crippen LogP) is 23.8. The van der Waals surface area contributed by atoms with E-state index in [1.54, 1.807) is 36.4 Å². The zero-order chi connectivity index (χ0) is 89.8. The lowest BCUT2D eigenvalue weighted by molar-refractivity contribution is 1.16. The van der Waals surface area contributed by atoms with Crippen molar-refractivity contribution < 1.29 is 35.6 Å². The zero-order valence-corrected chi connectivity index (χ0v) is 53.8. The molecule has 0 saturated heterocycles. The molecule has 0 unspecified atom stereocenters. The molecular weight excluding hydrogens is 1230 g/mol. The second-order valence-electron chi connectivity index (χ2n) is 24.9. The fourth-order valence-corrected chi connectivity index (χ4v) is 14.9. The molecule has 476 valence electrons. The van der Waals surface area contributed by atoms with E-state index in [4.69, 9.17) is 11.0 Å². The van der Waals surface area contributed by atoms with Crippen LogP contribution in [0.1, 0.15) is 35.6 Å². The molecule has 0 N–H and O–H groups in total. The second-order valence-corrected chi connectivity index (χ2v) is 24.9. The van der Waals surface area contributed by atoms with Crippen molar-refractivity contribution in [2.45, 2.75) is 0 Å². The van der Waals surface area contributed by atoms with Gasteiger partial charge in [-0.15, -0.1) is 0 Å². The standard InChI is InChI=1S/C96H64BN5/c1-7-27-65(28-8-1)70-47-53-86-92(61-70)101(79-57-71(66-29-9-2-10-30-66)55-72(58-79)67-31-11-3-12-32-67)94-63-81(100-90-45-25-21-41-84(90)85-42-22-26-46-91(85)100)64-95-96(94)97(86)87-54-52-78(62-93(87)102(95)80-59-73(68-33-13-4-14-34-68)56-74(60-80)69-35-15-5-16-36-69)98(75-37-17-6-18-38-75)76-48-50-77(51-49-76)99-88-43-23-19-39-82(88)83-40-20-24-44-89(83)99/h1-64H/i1D,6D,7D,8D,17D,18D,19D,20D,21D,22D,23D,24D,25D,26D,27D,28D,37D,38D,39D,40D,41D,42D,43D,44D,45D,46D. The van der Waals surface area contributed by atoms with Crippen molar-refractivity contribution >= 4 is 118 Å². The van der Waals surface area contributed by atoms with Crippen molar-refractivity contribution in [1.82, 2.24) is 9.13 Å². The van der Waals surface area contributed by atoms with E-state index in [9.17, 15) is 24.7 Å². The molecule has 18 aromatic rings. The first-order valence-electron chi connectivity index (χ1n) is 46.0. The second kappa shape index (κ2) is 24.2. The number of fused-ring (bicyclic) bond motifs is 10. The van der Waals surface area contributed by atoms with E-state index in [2.05, 4.69) is 6.07 Å². The van der Waals surface area contributed by atoms with Gasteiger partial charge in [-0.2, -0.15) is 0 Å². The molecule has 102 heavy (non-hydrogen) atoms. The molecule has 0 saturated carbocycles. The number of aromatic nitrogens is 2.